The molecule has 32 heavy (non-hydrogen) atoms. The molecule has 0 fully saturated rings. The van der Waals surface area contributed by atoms with Gasteiger partial charge in [-0.2, -0.15) is 0 Å². The number of para-hydroxylation sites is 2. The molecule has 10 heteroatoms. The van der Waals surface area contributed by atoms with Crippen molar-refractivity contribution in [2.24, 2.45) is 0 Å². The number of carbonyl (C=O) groups excluding carboxylic acids is 2. The number of rotatable bonds is 6. The number of amides is 1. The predicted octanol–water partition coefficient (Wildman–Crippen LogP) is 5.63. The van der Waals surface area contributed by atoms with Crippen LogP contribution in [0.25, 0.3) is 22.3 Å². The van der Waals surface area contributed by atoms with Gasteiger partial charge in [0.15, 0.2) is 16.9 Å². The lowest BCUT2D eigenvalue weighted by atomic mass is 10.2. The molecule has 2 aromatic carbocycles. The number of hydrogen-bond acceptors (Lipinski definition) is 7. The van der Waals surface area contributed by atoms with Crippen LogP contribution in [-0.2, 0) is 9.53 Å². The van der Waals surface area contributed by atoms with Crippen molar-refractivity contribution in [2.45, 2.75) is 19.4 Å². The molecule has 1 amide bonds. The first-order valence-electron chi connectivity index (χ1n) is 9.59. The van der Waals surface area contributed by atoms with Crippen LogP contribution >= 0.6 is 34.5 Å². The van der Waals surface area contributed by atoms with Crippen LogP contribution in [0, 0.1) is 0 Å². The van der Waals surface area contributed by atoms with Gasteiger partial charge in [0.2, 0.25) is 0 Å². The SMILES string of the molecule is CCC(OC(=O)c1cnc2ccccc2n1)C(=O)Nc1nc(-c2ccc(Cl)cc2Cl)cs1. The molecule has 0 saturated heterocycles. The summed E-state index contributed by atoms with van der Waals surface area (Å²) in [5.41, 5.74) is 2.55. The monoisotopic (exact) mass is 486 g/mol. The van der Waals surface area contributed by atoms with Gasteiger partial charge >= 0.3 is 5.97 Å². The molecular formula is C22H16Cl2N4O3S. The van der Waals surface area contributed by atoms with E-state index in [1.807, 2.05) is 6.07 Å². The van der Waals surface area contributed by atoms with Crippen LogP contribution in [0.2, 0.25) is 10.0 Å². The smallest absolute Gasteiger partial charge is 0.359 e. The Morgan fingerprint density at radius 2 is 1.91 bits per heavy atom. The van der Waals surface area contributed by atoms with E-state index in [-0.39, 0.29) is 12.1 Å². The van der Waals surface area contributed by atoms with E-state index in [1.165, 1.54) is 17.5 Å². The maximum absolute atomic E-state index is 12.7. The van der Waals surface area contributed by atoms with E-state index in [0.29, 0.717) is 37.5 Å². The van der Waals surface area contributed by atoms with Gasteiger partial charge in [-0.25, -0.2) is 14.8 Å². The van der Waals surface area contributed by atoms with E-state index < -0.39 is 18.0 Å². The number of anilines is 1. The molecule has 0 spiro atoms. The van der Waals surface area contributed by atoms with Crippen LogP contribution in [0.5, 0.6) is 0 Å². The number of hydrogen-bond donors (Lipinski definition) is 1. The first-order chi connectivity index (χ1) is 15.4. The summed E-state index contributed by atoms with van der Waals surface area (Å²) in [5, 5.41) is 5.79. The Kier molecular flexibility index (Phi) is 6.64. The van der Waals surface area contributed by atoms with Gasteiger partial charge < -0.3 is 4.74 Å². The third-order valence-electron chi connectivity index (χ3n) is 4.51. The van der Waals surface area contributed by atoms with Gasteiger partial charge in [0.05, 0.1) is 27.9 Å². The number of ether oxygens (including phenoxy) is 1. The highest BCUT2D eigenvalue weighted by molar-refractivity contribution is 7.14. The van der Waals surface area contributed by atoms with Gasteiger partial charge in [-0.3, -0.25) is 15.1 Å². The number of thiazole rings is 1. The van der Waals surface area contributed by atoms with Crippen molar-refractivity contribution in [1.29, 1.82) is 0 Å². The quantitative estimate of drug-likeness (QED) is 0.354. The van der Waals surface area contributed by atoms with Crippen molar-refractivity contribution < 1.29 is 14.3 Å². The number of aromatic nitrogens is 3. The Morgan fingerprint density at radius 1 is 1.12 bits per heavy atom. The molecule has 0 bridgehead atoms. The number of fused-ring (bicyclic) bond motifs is 1. The van der Waals surface area contributed by atoms with Gasteiger partial charge in [0.25, 0.3) is 5.91 Å². The molecule has 0 aliphatic rings. The van der Waals surface area contributed by atoms with Crippen LogP contribution in [0.3, 0.4) is 0 Å². The van der Waals surface area contributed by atoms with E-state index in [0.717, 1.165) is 0 Å². The highest BCUT2D eigenvalue weighted by atomic mass is 35.5. The van der Waals surface area contributed by atoms with Crippen molar-refractivity contribution in [3.8, 4) is 11.3 Å². The first kappa shape index (κ1) is 22.1. The maximum atomic E-state index is 12.7. The zero-order chi connectivity index (χ0) is 22.7. The summed E-state index contributed by atoms with van der Waals surface area (Å²) in [6, 6.07) is 12.3. The van der Waals surface area contributed by atoms with E-state index >= 15 is 0 Å². The van der Waals surface area contributed by atoms with E-state index in [1.54, 1.807) is 48.7 Å². The molecule has 0 radical (unpaired) electrons. The molecule has 4 rings (SSSR count). The summed E-state index contributed by atoms with van der Waals surface area (Å²) >= 11 is 13.4. The molecule has 162 valence electrons. The molecule has 2 aromatic heterocycles. The van der Waals surface area contributed by atoms with Crippen LogP contribution in [0.1, 0.15) is 23.8 Å². The lowest BCUT2D eigenvalue weighted by Gasteiger charge is -2.14. The number of carbonyl (C=O) groups is 2. The lowest BCUT2D eigenvalue weighted by Crippen LogP contribution is -2.32. The topological polar surface area (TPSA) is 94.1 Å². The number of nitrogens with one attached hydrogen (secondary N) is 1. The van der Waals surface area contributed by atoms with Crippen molar-refractivity contribution in [1.82, 2.24) is 15.0 Å². The summed E-state index contributed by atoms with van der Waals surface area (Å²) in [4.78, 5) is 38.1. The van der Waals surface area contributed by atoms with Gasteiger partial charge in [-0.1, -0.05) is 42.3 Å². The summed E-state index contributed by atoms with van der Waals surface area (Å²) in [6.07, 6.45) is 0.597. The number of benzene rings is 2. The Hall–Kier alpha value is -3.07. The van der Waals surface area contributed by atoms with Crippen molar-refractivity contribution in [3.05, 3.63) is 69.8 Å². The molecule has 1 N–H and O–H groups in total. The van der Waals surface area contributed by atoms with Crippen LogP contribution in [0.4, 0.5) is 5.13 Å². The van der Waals surface area contributed by atoms with E-state index in [9.17, 15) is 9.59 Å². The Bertz CT molecular complexity index is 1310. The Balaban J connectivity index is 1.44. The van der Waals surface area contributed by atoms with E-state index in [2.05, 4.69) is 20.3 Å². The minimum Gasteiger partial charge on any atom is -0.447 e. The maximum Gasteiger partial charge on any atom is 0.359 e. The molecule has 1 unspecified atom stereocenters. The number of esters is 1. The molecule has 0 aliphatic carbocycles. The molecule has 2 heterocycles. The Labute approximate surface area is 197 Å². The lowest BCUT2D eigenvalue weighted by molar-refractivity contribution is -0.124. The number of nitrogens with zero attached hydrogens (tertiary/aromatic N) is 3. The first-order valence-corrected chi connectivity index (χ1v) is 11.2. The van der Waals surface area contributed by atoms with Crippen molar-refractivity contribution >= 4 is 62.6 Å². The van der Waals surface area contributed by atoms with Gasteiger partial charge in [-0.15, -0.1) is 11.3 Å². The predicted molar refractivity (Wildman–Crippen MR) is 125 cm³/mol. The highest BCUT2D eigenvalue weighted by Gasteiger charge is 2.24. The second-order valence-corrected chi connectivity index (χ2v) is 8.40. The molecule has 0 saturated carbocycles. The minimum atomic E-state index is -1.01. The van der Waals surface area contributed by atoms with Gasteiger partial charge in [0, 0.05) is 16.0 Å². The standard InChI is InChI=1S/C22H16Cl2N4O3S/c1-2-19(31-21(30)17-10-25-15-5-3-4-6-16(15)26-17)20(29)28-22-27-18(11-32-22)13-8-7-12(23)9-14(13)24/h3-11,19H,2H2,1H3,(H,27,28,29). The second kappa shape index (κ2) is 9.60. The molecular weight excluding hydrogens is 471 g/mol. The third kappa shape index (κ3) is 4.88. The summed E-state index contributed by atoms with van der Waals surface area (Å²) in [7, 11) is 0. The van der Waals surface area contributed by atoms with Crippen molar-refractivity contribution in [3.63, 3.8) is 0 Å². The van der Waals surface area contributed by atoms with E-state index in [4.69, 9.17) is 27.9 Å². The van der Waals surface area contributed by atoms with Crippen LogP contribution in [0.15, 0.2) is 54.0 Å². The summed E-state index contributed by atoms with van der Waals surface area (Å²) in [6.45, 7) is 1.74. The fourth-order valence-corrected chi connectivity index (χ4v) is 4.12. The highest BCUT2D eigenvalue weighted by Crippen LogP contribution is 2.32. The summed E-state index contributed by atoms with van der Waals surface area (Å²) < 4.78 is 5.38. The fourth-order valence-electron chi connectivity index (χ4n) is 2.91. The van der Waals surface area contributed by atoms with Crippen LogP contribution < -0.4 is 5.32 Å². The van der Waals surface area contributed by atoms with Gasteiger partial charge in [0.1, 0.15) is 0 Å². The average molecular weight is 487 g/mol. The molecule has 0 aliphatic heterocycles. The van der Waals surface area contributed by atoms with Crippen LogP contribution in [-0.4, -0.2) is 32.9 Å². The van der Waals surface area contributed by atoms with Gasteiger partial charge in [-0.05, 0) is 36.8 Å². The zero-order valence-electron chi connectivity index (χ0n) is 16.7. The molecule has 4 aromatic rings. The largest absolute Gasteiger partial charge is 0.447 e. The molecule has 1 atom stereocenters. The zero-order valence-corrected chi connectivity index (χ0v) is 19.0. The average Bonchev–Trinajstić information content (AvgIpc) is 3.24. The third-order valence-corrected chi connectivity index (χ3v) is 5.82. The Morgan fingerprint density at radius 3 is 2.66 bits per heavy atom. The van der Waals surface area contributed by atoms with Crippen molar-refractivity contribution in [2.75, 3.05) is 5.32 Å². The normalized spacial score (nSPS) is 11.8. The fraction of sp³-hybridized carbons (Fsp3) is 0.136. The number of halogens is 2. The second-order valence-electron chi connectivity index (χ2n) is 6.70. The minimum absolute atomic E-state index is 0.0314. The summed E-state index contributed by atoms with van der Waals surface area (Å²) in [5.74, 6) is -1.21. The molecule has 7 nitrogen and oxygen atoms in total.